The largest absolute Gasteiger partial charge is 0.354 e. The number of nitrogens with one attached hydrogen (secondary N) is 2. The standard InChI is InChI=1S/C13H13BrClFN4/c1-2-5-17-13-18-7-10(16)12(20-13)19-11-6-8(15)3-4-9(11)14/h3-4,6-7H,2,5H2,1H3,(H2,17,18,19,20). The number of halogens is 3. The third kappa shape index (κ3) is 3.80. The summed E-state index contributed by atoms with van der Waals surface area (Å²) in [5, 5.41) is 6.46. The van der Waals surface area contributed by atoms with Crippen molar-refractivity contribution in [3.8, 4) is 0 Å². The van der Waals surface area contributed by atoms with Gasteiger partial charge in [0.15, 0.2) is 11.6 Å². The molecule has 20 heavy (non-hydrogen) atoms. The van der Waals surface area contributed by atoms with E-state index in [2.05, 4.69) is 36.5 Å². The van der Waals surface area contributed by atoms with Gasteiger partial charge in [0.25, 0.3) is 0 Å². The van der Waals surface area contributed by atoms with Crippen molar-refractivity contribution in [3.05, 3.63) is 39.7 Å². The van der Waals surface area contributed by atoms with E-state index in [0.29, 0.717) is 16.7 Å². The molecule has 0 aliphatic carbocycles. The molecule has 2 N–H and O–H groups in total. The molecule has 0 spiro atoms. The van der Waals surface area contributed by atoms with E-state index in [9.17, 15) is 4.39 Å². The molecule has 2 aromatic rings. The molecule has 0 saturated heterocycles. The van der Waals surface area contributed by atoms with Crippen molar-refractivity contribution >= 4 is 45.0 Å². The first-order valence-electron chi connectivity index (χ1n) is 6.08. The summed E-state index contributed by atoms with van der Waals surface area (Å²) in [6.07, 6.45) is 2.06. The molecule has 7 heteroatoms. The van der Waals surface area contributed by atoms with Crippen LogP contribution in [0, 0.1) is 5.82 Å². The molecule has 1 aromatic carbocycles. The minimum Gasteiger partial charge on any atom is -0.354 e. The average molecular weight is 360 g/mol. The third-order valence-corrected chi connectivity index (χ3v) is 3.39. The second-order valence-electron chi connectivity index (χ2n) is 4.07. The molecule has 0 aliphatic heterocycles. The van der Waals surface area contributed by atoms with Gasteiger partial charge in [0.05, 0.1) is 11.9 Å². The number of nitrogens with zero attached hydrogens (tertiary/aromatic N) is 2. The molecule has 0 radical (unpaired) electrons. The van der Waals surface area contributed by atoms with Crippen molar-refractivity contribution in [1.82, 2.24) is 9.97 Å². The van der Waals surface area contributed by atoms with Crippen LogP contribution in [0.4, 0.5) is 21.8 Å². The normalized spacial score (nSPS) is 10.4. The summed E-state index contributed by atoms with van der Waals surface area (Å²) in [5.41, 5.74) is 0.636. The van der Waals surface area contributed by atoms with Gasteiger partial charge in [-0.2, -0.15) is 4.98 Å². The van der Waals surface area contributed by atoms with E-state index in [4.69, 9.17) is 11.6 Å². The van der Waals surface area contributed by atoms with Crippen molar-refractivity contribution in [2.75, 3.05) is 17.2 Å². The molecule has 0 aliphatic rings. The second kappa shape index (κ2) is 6.85. The van der Waals surface area contributed by atoms with E-state index in [-0.39, 0.29) is 5.82 Å². The summed E-state index contributed by atoms with van der Waals surface area (Å²) < 4.78 is 14.5. The van der Waals surface area contributed by atoms with Gasteiger partial charge in [0.1, 0.15) is 0 Å². The molecule has 2 rings (SSSR count). The van der Waals surface area contributed by atoms with Gasteiger partial charge >= 0.3 is 0 Å². The summed E-state index contributed by atoms with van der Waals surface area (Å²) in [6.45, 7) is 2.75. The zero-order chi connectivity index (χ0) is 14.5. The number of aromatic nitrogens is 2. The topological polar surface area (TPSA) is 49.8 Å². The maximum Gasteiger partial charge on any atom is 0.224 e. The molecular formula is C13H13BrClFN4. The molecule has 4 nitrogen and oxygen atoms in total. The number of benzene rings is 1. The molecule has 0 bridgehead atoms. The minimum atomic E-state index is -0.529. The summed E-state index contributed by atoms with van der Waals surface area (Å²) in [7, 11) is 0. The second-order valence-corrected chi connectivity index (χ2v) is 5.36. The van der Waals surface area contributed by atoms with Crippen LogP contribution in [0.15, 0.2) is 28.9 Å². The Morgan fingerprint density at radius 2 is 2.20 bits per heavy atom. The van der Waals surface area contributed by atoms with Crippen molar-refractivity contribution in [1.29, 1.82) is 0 Å². The van der Waals surface area contributed by atoms with Crippen molar-refractivity contribution in [2.45, 2.75) is 13.3 Å². The van der Waals surface area contributed by atoms with E-state index in [0.717, 1.165) is 23.6 Å². The monoisotopic (exact) mass is 358 g/mol. The summed E-state index contributed by atoms with van der Waals surface area (Å²) in [5.74, 6) is -0.0469. The highest BCUT2D eigenvalue weighted by atomic mass is 79.9. The highest BCUT2D eigenvalue weighted by molar-refractivity contribution is 9.10. The number of hydrogen-bond acceptors (Lipinski definition) is 4. The van der Waals surface area contributed by atoms with Gasteiger partial charge in [-0.05, 0) is 40.5 Å². The first kappa shape index (κ1) is 15.0. The Kier molecular flexibility index (Phi) is 5.14. The van der Waals surface area contributed by atoms with Crippen molar-refractivity contribution in [3.63, 3.8) is 0 Å². The molecule has 0 saturated carbocycles. The van der Waals surface area contributed by atoms with Crippen LogP contribution in [-0.2, 0) is 0 Å². The highest BCUT2D eigenvalue weighted by Crippen LogP contribution is 2.29. The average Bonchev–Trinajstić information content (AvgIpc) is 2.43. The lowest BCUT2D eigenvalue weighted by atomic mass is 10.3. The predicted octanol–water partition coefficient (Wildman–Crippen LogP) is 4.60. The summed E-state index contributed by atoms with van der Waals surface area (Å²) >= 11 is 9.29. The van der Waals surface area contributed by atoms with Gasteiger partial charge in [-0.25, -0.2) is 9.37 Å². The van der Waals surface area contributed by atoms with E-state index >= 15 is 0 Å². The lowest BCUT2D eigenvalue weighted by molar-refractivity contribution is 0.619. The Labute approximate surface area is 129 Å². The van der Waals surface area contributed by atoms with Crippen molar-refractivity contribution < 1.29 is 4.39 Å². The first-order chi connectivity index (χ1) is 9.60. The molecule has 1 aromatic heterocycles. The fraction of sp³-hybridized carbons (Fsp3) is 0.231. The lowest BCUT2D eigenvalue weighted by Gasteiger charge is -2.10. The highest BCUT2D eigenvalue weighted by Gasteiger charge is 2.09. The van der Waals surface area contributed by atoms with Crippen LogP contribution in [0.5, 0.6) is 0 Å². The molecule has 1 heterocycles. The molecular weight excluding hydrogens is 347 g/mol. The van der Waals surface area contributed by atoms with Crippen molar-refractivity contribution in [2.24, 2.45) is 0 Å². The van der Waals surface area contributed by atoms with Gasteiger partial charge in [-0.1, -0.05) is 18.5 Å². The van der Waals surface area contributed by atoms with Gasteiger partial charge in [0, 0.05) is 16.0 Å². The molecule has 106 valence electrons. The van der Waals surface area contributed by atoms with E-state index in [1.165, 1.54) is 0 Å². The molecule has 0 fully saturated rings. The summed E-state index contributed by atoms with van der Waals surface area (Å²) in [6, 6.07) is 5.20. The van der Waals surface area contributed by atoms with Gasteiger partial charge in [-0.3, -0.25) is 0 Å². The lowest BCUT2D eigenvalue weighted by Crippen LogP contribution is -2.07. The summed E-state index contributed by atoms with van der Waals surface area (Å²) in [4.78, 5) is 7.99. The fourth-order valence-corrected chi connectivity index (χ4v) is 2.02. The zero-order valence-corrected chi connectivity index (χ0v) is 13.1. The number of rotatable bonds is 5. The quantitative estimate of drug-likeness (QED) is 0.819. The molecule has 0 atom stereocenters. The number of hydrogen-bond donors (Lipinski definition) is 2. The maximum atomic E-state index is 13.7. The first-order valence-corrected chi connectivity index (χ1v) is 7.25. The SMILES string of the molecule is CCCNc1ncc(F)c(Nc2cc(Cl)ccc2Br)n1. The Balaban J connectivity index is 2.25. The van der Waals surface area contributed by atoms with Gasteiger partial charge < -0.3 is 10.6 Å². The Morgan fingerprint density at radius 1 is 1.40 bits per heavy atom. The molecule has 0 amide bonds. The van der Waals surface area contributed by atoms with E-state index in [1.807, 2.05) is 6.92 Å². The Bertz CT molecular complexity index is 609. The third-order valence-electron chi connectivity index (χ3n) is 2.46. The van der Waals surface area contributed by atoms with Crippen LogP contribution in [0.1, 0.15) is 13.3 Å². The molecule has 0 unspecified atom stereocenters. The zero-order valence-electron chi connectivity index (χ0n) is 10.8. The van der Waals surface area contributed by atoms with E-state index < -0.39 is 5.82 Å². The Hall–Kier alpha value is -1.40. The fourth-order valence-electron chi connectivity index (χ4n) is 1.50. The van der Waals surface area contributed by atoms with Crippen LogP contribution in [0.2, 0.25) is 5.02 Å². The maximum absolute atomic E-state index is 13.7. The number of anilines is 3. The minimum absolute atomic E-state index is 0.0987. The Morgan fingerprint density at radius 3 is 2.95 bits per heavy atom. The smallest absolute Gasteiger partial charge is 0.224 e. The van der Waals surface area contributed by atoms with E-state index in [1.54, 1.807) is 18.2 Å². The van der Waals surface area contributed by atoms with Gasteiger partial charge in [0.2, 0.25) is 5.95 Å². The predicted molar refractivity (Wildman–Crippen MR) is 83.2 cm³/mol. The van der Waals surface area contributed by atoms with Crippen LogP contribution in [0.25, 0.3) is 0 Å². The van der Waals surface area contributed by atoms with Crippen LogP contribution < -0.4 is 10.6 Å². The van der Waals surface area contributed by atoms with Crippen LogP contribution >= 0.6 is 27.5 Å². The van der Waals surface area contributed by atoms with Crippen LogP contribution in [-0.4, -0.2) is 16.5 Å². The van der Waals surface area contributed by atoms with Gasteiger partial charge in [-0.15, -0.1) is 0 Å². The van der Waals surface area contributed by atoms with Crippen LogP contribution in [0.3, 0.4) is 0 Å².